The van der Waals surface area contributed by atoms with E-state index in [9.17, 15) is 0 Å². The first-order valence-corrected chi connectivity index (χ1v) is 8.17. The summed E-state index contributed by atoms with van der Waals surface area (Å²) in [6, 6.07) is 5.36. The molecule has 2 rings (SSSR count). The lowest BCUT2D eigenvalue weighted by Gasteiger charge is -2.34. The molecule has 1 aliphatic heterocycles. The number of hydrogen-bond donors (Lipinski definition) is 1. The summed E-state index contributed by atoms with van der Waals surface area (Å²) in [6.45, 7) is 7.84. The number of nitrogens with one attached hydrogen (secondary N) is 1. The lowest BCUT2D eigenvalue weighted by molar-refractivity contribution is 0.141. The number of rotatable bonds is 6. The van der Waals surface area contributed by atoms with Crippen LogP contribution in [0.15, 0.2) is 12.1 Å². The van der Waals surface area contributed by atoms with E-state index in [1.165, 1.54) is 35.7 Å². The molecule has 19 heavy (non-hydrogen) atoms. The molecule has 0 aliphatic carbocycles. The van der Waals surface area contributed by atoms with E-state index in [2.05, 4.69) is 48.3 Å². The molecule has 0 unspecified atom stereocenters. The number of likely N-dealkylation sites (tertiary alicyclic amines) is 1. The second-order valence-corrected chi connectivity index (χ2v) is 6.87. The van der Waals surface area contributed by atoms with Gasteiger partial charge in [0.25, 0.3) is 0 Å². The lowest BCUT2D eigenvalue weighted by atomic mass is 10.0. The van der Waals surface area contributed by atoms with E-state index in [1.807, 2.05) is 11.3 Å². The highest BCUT2D eigenvalue weighted by atomic mass is 32.1. The van der Waals surface area contributed by atoms with Gasteiger partial charge in [-0.15, -0.1) is 11.3 Å². The third-order valence-corrected chi connectivity index (χ3v) is 5.00. The summed E-state index contributed by atoms with van der Waals surface area (Å²) in [5.74, 6) is 0. The van der Waals surface area contributed by atoms with Gasteiger partial charge in [-0.25, -0.2) is 0 Å². The summed E-state index contributed by atoms with van der Waals surface area (Å²) in [7, 11) is 4.40. The molecule has 1 aliphatic rings. The van der Waals surface area contributed by atoms with Crippen molar-refractivity contribution in [1.29, 1.82) is 0 Å². The van der Waals surface area contributed by atoms with E-state index in [0.717, 1.165) is 25.7 Å². The quantitative estimate of drug-likeness (QED) is 0.864. The fourth-order valence-corrected chi connectivity index (χ4v) is 3.70. The number of piperidine rings is 1. The summed E-state index contributed by atoms with van der Waals surface area (Å²) in [6.07, 6.45) is 2.62. The van der Waals surface area contributed by atoms with Crippen LogP contribution in [0, 0.1) is 0 Å². The van der Waals surface area contributed by atoms with Gasteiger partial charge in [-0.1, -0.05) is 6.92 Å². The van der Waals surface area contributed by atoms with E-state index in [4.69, 9.17) is 0 Å². The highest BCUT2D eigenvalue weighted by Crippen LogP contribution is 2.21. The maximum absolute atomic E-state index is 3.39. The van der Waals surface area contributed by atoms with Crippen LogP contribution in [-0.4, -0.2) is 49.6 Å². The first-order valence-electron chi connectivity index (χ1n) is 7.36. The summed E-state index contributed by atoms with van der Waals surface area (Å²) >= 11 is 1.96. The first kappa shape index (κ1) is 15.0. The van der Waals surface area contributed by atoms with Crippen molar-refractivity contribution in [2.75, 3.05) is 33.7 Å². The van der Waals surface area contributed by atoms with Crippen molar-refractivity contribution < 1.29 is 0 Å². The molecule has 0 saturated carbocycles. The van der Waals surface area contributed by atoms with Gasteiger partial charge in [0.05, 0.1) is 0 Å². The third kappa shape index (κ3) is 4.56. The van der Waals surface area contributed by atoms with Gasteiger partial charge >= 0.3 is 0 Å². The molecule has 0 amide bonds. The predicted molar refractivity (Wildman–Crippen MR) is 83.7 cm³/mol. The molecule has 1 fully saturated rings. The van der Waals surface area contributed by atoms with Crippen molar-refractivity contribution in [3.05, 3.63) is 21.9 Å². The fraction of sp³-hybridized carbons (Fsp3) is 0.733. The molecule has 108 valence electrons. The van der Waals surface area contributed by atoms with Crippen LogP contribution >= 0.6 is 11.3 Å². The van der Waals surface area contributed by atoms with E-state index in [-0.39, 0.29) is 0 Å². The standard InChI is InChI=1S/C15H27N3S/c1-4-16-11-14-5-6-15(19-14)12-18-9-7-13(8-10-18)17(2)3/h5-6,13,16H,4,7-12H2,1-3H3. The van der Waals surface area contributed by atoms with E-state index < -0.39 is 0 Å². The van der Waals surface area contributed by atoms with Crippen molar-refractivity contribution in [1.82, 2.24) is 15.1 Å². The van der Waals surface area contributed by atoms with Crippen LogP contribution in [-0.2, 0) is 13.1 Å². The Bertz CT molecular complexity index is 367. The van der Waals surface area contributed by atoms with Gasteiger partial charge in [0, 0.05) is 42.0 Å². The molecule has 0 bridgehead atoms. The van der Waals surface area contributed by atoms with Crippen LogP contribution in [0.25, 0.3) is 0 Å². The Kier molecular flexibility index (Phi) is 5.82. The molecule has 2 heterocycles. The molecular weight excluding hydrogens is 254 g/mol. The predicted octanol–water partition coefficient (Wildman–Crippen LogP) is 2.38. The van der Waals surface area contributed by atoms with Crippen molar-refractivity contribution >= 4 is 11.3 Å². The minimum atomic E-state index is 0.781. The van der Waals surface area contributed by atoms with Crippen LogP contribution in [0.5, 0.6) is 0 Å². The highest BCUT2D eigenvalue weighted by molar-refractivity contribution is 7.11. The SMILES string of the molecule is CCNCc1ccc(CN2CCC(N(C)C)CC2)s1. The third-order valence-electron chi connectivity index (χ3n) is 3.93. The summed E-state index contributed by atoms with van der Waals surface area (Å²) in [5.41, 5.74) is 0. The maximum atomic E-state index is 3.39. The van der Waals surface area contributed by atoms with Gasteiger partial charge in [0.15, 0.2) is 0 Å². The summed E-state index contributed by atoms with van der Waals surface area (Å²) in [4.78, 5) is 7.94. The zero-order valence-corrected chi connectivity index (χ0v) is 13.3. The molecule has 1 aromatic rings. The number of nitrogens with zero attached hydrogens (tertiary/aromatic N) is 2. The van der Waals surface area contributed by atoms with E-state index in [1.54, 1.807) is 0 Å². The topological polar surface area (TPSA) is 18.5 Å². The summed E-state index contributed by atoms with van der Waals surface area (Å²) < 4.78 is 0. The average molecular weight is 281 g/mol. The Morgan fingerprint density at radius 1 is 1.26 bits per heavy atom. The van der Waals surface area contributed by atoms with Gasteiger partial charge in [-0.2, -0.15) is 0 Å². The second-order valence-electron chi connectivity index (χ2n) is 5.62. The molecule has 0 aromatic carbocycles. The normalized spacial score (nSPS) is 18.3. The Labute approximate surface area is 121 Å². The largest absolute Gasteiger partial charge is 0.312 e. The minimum absolute atomic E-state index is 0.781. The molecule has 0 atom stereocenters. The molecule has 3 nitrogen and oxygen atoms in total. The lowest BCUT2D eigenvalue weighted by Crippen LogP contribution is -2.41. The molecule has 1 saturated heterocycles. The minimum Gasteiger partial charge on any atom is -0.312 e. The van der Waals surface area contributed by atoms with Gasteiger partial charge in [-0.3, -0.25) is 4.90 Å². The van der Waals surface area contributed by atoms with Gasteiger partial charge < -0.3 is 10.2 Å². The van der Waals surface area contributed by atoms with Crippen LogP contribution < -0.4 is 5.32 Å². The Balaban J connectivity index is 1.77. The van der Waals surface area contributed by atoms with Crippen LogP contribution in [0.2, 0.25) is 0 Å². The molecule has 1 N–H and O–H groups in total. The Morgan fingerprint density at radius 2 is 1.95 bits per heavy atom. The van der Waals surface area contributed by atoms with E-state index >= 15 is 0 Å². The van der Waals surface area contributed by atoms with Crippen molar-refractivity contribution in [3.63, 3.8) is 0 Å². The highest BCUT2D eigenvalue weighted by Gasteiger charge is 2.20. The molecular formula is C15H27N3S. The number of hydrogen-bond acceptors (Lipinski definition) is 4. The van der Waals surface area contributed by atoms with Crippen molar-refractivity contribution in [2.45, 2.75) is 38.9 Å². The van der Waals surface area contributed by atoms with Crippen LogP contribution in [0.3, 0.4) is 0 Å². The summed E-state index contributed by atoms with van der Waals surface area (Å²) in [5, 5.41) is 3.39. The molecule has 0 radical (unpaired) electrons. The monoisotopic (exact) mass is 281 g/mol. The molecule has 4 heteroatoms. The average Bonchev–Trinajstić information content (AvgIpc) is 2.84. The fourth-order valence-electron chi connectivity index (χ4n) is 2.66. The van der Waals surface area contributed by atoms with Crippen LogP contribution in [0.4, 0.5) is 0 Å². The van der Waals surface area contributed by atoms with Gasteiger partial charge in [0.2, 0.25) is 0 Å². The van der Waals surface area contributed by atoms with E-state index in [0.29, 0.717) is 0 Å². The van der Waals surface area contributed by atoms with Crippen molar-refractivity contribution in [2.24, 2.45) is 0 Å². The maximum Gasteiger partial charge on any atom is 0.0328 e. The zero-order valence-electron chi connectivity index (χ0n) is 12.5. The number of thiophene rings is 1. The first-order chi connectivity index (χ1) is 9.19. The molecule has 0 spiro atoms. The van der Waals surface area contributed by atoms with Gasteiger partial charge in [-0.05, 0) is 45.6 Å². The smallest absolute Gasteiger partial charge is 0.0328 e. The van der Waals surface area contributed by atoms with Crippen LogP contribution in [0.1, 0.15) is 29.5 Å². The zero-order chi connectivity index (χ0) is 13.7. The van der Waals surface area contributed by atoms with Crippen molar-refractivity contribution in [3.8, 4) is 0 Å². The second kappa shape index (κ2) is 7.39. The van der Waals surface area contributed by atoms with Gasteiger partial charge in [0.1, 0.15) is 0 Å². The molecule has 1 aromatic heterocycles. The Hall–Kier alpha value is -0.420. The Morgan fingerprint density at radius 3 is 2.58 bits per heavy atom.